The number of rotatable bonds is 5. The summed E-state index contributed by atoms with van der Waals surface area (Å²) in [5.41, 5.74) is -0.791. The highest BCUT2D eigenvalue weighted by atomic mass is 16.6. The molecular formula is C17H20N2O7. The van der Waals surface area contributed by atoms with E-state index in [0.29, 0.717) is 19.0 Å². The van der Waals surface area contributed by atoms with Crippen LogP contribution in [0.4, 0.5) is 5.69 Å². The lowest BCUT2D eigenvalue weighted by Crippen LogP contribution is -2.40. The van der Waals surface area contributed by atoms with Gasteiger partial charge in [0.1, 0.15) is 0 Å². The van der Waals surface area contributed by atoms with Crippen LogP contribution in [0.15, 0.2) is 18.2 Å². The molecule has 0 radical (unpaired) electrons. The van der Waals surface area contributed by atoms with Gasteiger partial charge in [0, 0.05) is 25.2 Å². The summed E-state index contributed by atoms with van der Waals surface area (Å²) >= 11 is 0. The number of carbonyl (C=O) groups is 3. The van der Waals surface area contributed by atoms with E-state index in [9.17, 15) is 24.5 Å². The summed E-state index contributed by atoms with van der Waals surface area (Å²) in [7, 11) is 1.12. The number of piperidine rings is 1. The summed E-state index contributed by atoms with van der Waals surface area (Å²) in [4.78, 5) is 47.7. The minimum Gasteiger partial charge on any atom is -0.465 e. The number of nitro groups is 1. The third-order valence-corrected chi connectivity index (χ3v) is 4.25. The molecule has 0 aliphatic carbocycles. The molecule has 0 N–H and O–H groups in total. The van der Waals surface area contributed by atoms with Crippen molar-refractivity contribution in [3.8, 4) is 0 Å². The van der Waals surface area contributed by atoms with Crippen LogP contribution in [0.1, 0.15) is 40.5 Å². The molecule has 26 heavy (non-hydrogen) atoms. The Morgan fingerprint density at radius 2 is 1.73 bits per heavy atom. The lowest BCUT2D eigenvalue weighted by Gasteiger charge is -2.30. The molecule has 0 unspecified atom stereocenters. The molecule has 1 aliphatic heterocycles. The molecule has 140 valence electrons. The molecular weight excluding hydrogens is 344 g/mol. The number of amides is 1. The van der Waals surface area contributed by atoms with Gasteiger partial charge in [0.2, 0.25) is 0 Å². The van der Waals surface area contributed by atoms with Gasteiger partial charge in [0.05, 0.1) is 23.2 Å². The Labute approximate surface area is 150 Å². The molecule has 0 aromatic heterocycles. The Kier molecular flexibility index (Phi) is 6.26. The van der Waals surface area contributed by atoms with Crippen molar-refractivity contribution in [1.29, 1.82) is 0 Å². The van der Waals surface area contributed by atoms with E-state index in [1.807, 2.05) is 0 Å². The highest BCUT2D eigenvalue weighted by Gasteiger charge is 2.23. The van der Waals surface area contributed by atoms with Crippen LogP contribution in [0.2, 0.25) is 0 Å². The Bertz CT molecular complexity index is 724. The number of hydrogen-bond donors (Lipinski definition) is 0. The molecule has 0 atom stereocenters. The van der Waals surface area contributed by atoms with Gasteiger partial charge in [-0.2, -0.15) is 0 Å². The van der Waals surface area contributed by atoms with Gasteiger partial charge in [0.25, 0.3) is 11.6 Å². The zero-order valence-electron chi connectivity index (χ0n) is 14.6. The van der Waals surface area contributed by atoms with Gasteiger partial charge in [-0.25, -0.2) is 9.59 Å². The van der Waals surface area contributed by atoms with Crippen LogP contribution < -0.4 is 0 Å². The summed E-state index contributed by atoms with van der Waals surface area (Å²) in [6.07, 6.45) is 1.79. The van der Waals surface area contributed by atoms with Crippen molar-refractivity contribution < 1.29 is 28.8 Å². The van der Waals surface area contributed by atoms with E-state index < -0.39 is 29.2 Å². The number of nitro benzene ring substituents is 1. The number of likely N-dealkylation sites (tertiary alicyclic amines) is 1. The number of methoxy groups -OCH3 is 1. The molecule has 1 fully saturated rings. The number of esters is 2. The normalized spacial score (nSPS) is 14.6. The smallest absolute Gasteiger partial charge is 0.338 e. The van der Waals surface area contributed by atoms with E-state index in [2.05, 4.69) is 11.7 Å². The fourth-order valence-electron chi connectivity index (χ4n) is 2.63. The Hall–Kier alpha value is -2.97. The van der Waals surface area contributed by atoms with Gasteiger partial charge in [-0.1, -0.05) is 6.92 Å². The van der Waals surface area contributed by atoms with E-state index in [1.54, 1.807) is 4.90 Å². The van der Waals surface area contributed by atoms with Gasteiger partial charge < -0.3 is 14.4 Å². The largest absolute Gasteiger partial charge is 0.465 e. The minimum absolute atomic E-state index is 0.148. The summed E-state index contributed by atoms with van der Waals surface area (Å²) in [6.45, 7) is 2.88. The maximum absolute atomic E-state index is 12.2. The molecule has 1 heterocycles. The lowest BCUT2D eigenvalue weighted by atomic mass is 9.99. The highest BCUT2D eigenvalue weighted by molar-refractivity contribution is 5.97. The molecule has 1 saturated heterocycles. The zero-order chi connectivity index (χ0) is 19.3. The predicted molar refractivity (Wildman–Crippen MR) is 89.7 cm³/mol. The SMILES string of the molecule is COC(=O)c1cc(C(=O)OCC(=O)N2CCC(C)CC2)cc([N+](=O)[O-])c1. The first kappa shape index (κ1) is 19.4. The predicted octanol–water partition coefficient (Wildman–Crippen LogP) is 1.80. The van der Waals surface area contributed by atoms with E-state index in [4.69, 9.17) is 4.74 Å². The Balaban J connectivity index is 2.06. The summed E-state index contributed by atoms with van der Waals surface area (Å²) in [5, 5.41) is 11.0. The molecule has 9 heteroatoms. The molecule has 1 aromatic rings. The van der Waals surface area contributed by atoms with E-state index >= 15 is 0 Å². The minimum atomic E-state index is -0.919. The van der Waals surface area contributed by atoms with Crippen LogP contribution in [-0.2, 0) is 14.3 Å². The van der Waals surface area contributed by atoms with E-state index in [0.717, 1.165) is 38.2 Å². The van der Waals surface area contributed by atoms with Crippen LogP contribution in [0.3, 0.4) is 0 Å². The number of ether oxygens (including phenoxy) is 2. The Morgan fingerprint density at radius 3 is 2.27 bits per heavy atom. The van der Waals surface area contributed by atoms with Gasteiger partial charge in [-0.15, -0.1) is 0 Å². The van der Waals surface area contributed by atoms with Crippen LogP contribution in [-0.4, -0.2) is 54.5 Å². The maximum atomic E-state index is 12.2. The average Bonchev–Trinajstić information content (AvgIpc) is 2.65. The van der Waals surface area contributed by atoms with Crippen molar-refractivity contribution >= 4 is 23.5 Å². The van der Waals surface area contributed by atoms with Crippen LogP contribution in [0.25, 0.3) is 0 Å². The molecule has 1 aliphatic rings. The zero-order valence-corrected chi connectivity index (χ0v) is 14.6. The van der Waals surface area contributed by atoms with Crippen molar-refractivity contribution in [3.05, 3.63) is 39.4 Å². The van der Waals surface area contributed by atoms with Crippen molar-refractivity contribution in [3.63, 3.8) is 0 Å². The average molecular weight is 364 g/mol. The van der Waals surface area contributed by atoms with Crippen molar-refractivity contribution in [1.82, 2.24) is 4.90 Å². The van der Waals surface area contributed by atoms with Gasteiger partial charge in [-0.3, -0.25) is 14.9 Å². The van der Waals surface area contributed by atoms with Crippen LogP contribution in [0, 0.1) is 16.0 Å². The summed E-state index contributed by atoms with van der Waals surface area (Å²) < 4.78 is 9.49. The quantitative estimate of drug-likeness (QED) is 0.444. The molecule has 1 amide bonds. The first-order chi connectivity index (χ1) is 12.3. The van der Waals surface area contributed by atoms with Crippen LogP contribution >= 0.6 is 0 Å². The molecule has 0 saturated carbocycles. The topological polar surface area (TPSA) is 116 Å². The van der Waals surface area contributed by atoms with Crippen molar-refractivity contribution in [2.75, 3.05) is 26.8 Å². The van der Waals surface area contributed by atoms with E-state index in [-0.39, 0.29) is 17.0 Å². The summed E-state index contributed by atoms with van der Waals surface area (Å²) in [6, 6.07) is 3.12. The van der Waals surface area contributed by atoms with Crippen LogP contribution in [0.5, 0.6) is 0 Å². The fourth-order valence-corrected chi connectivity index (χ4v) is 2.63. The number of carbonyl (C=O) groups excluding carboxylic acids is 3. The highest BCUT2D eigenvalue weighted by Crippen LogP contribution is 2.19. The van der Waals surface area contributed by atoms with Gasteiger partial charge in [0.15, 0.2) is 6.61 Å². The molecule has 9 nitrogen and oxygen atoms in total. The molecule has 1 aromatic carbocycles. The second-order valence-electron chi connectivity index (χ2n) is 6.16. The fraction of sp³-hybridized carbons (Fsp3) is 0.471. The third kappa shape index (κ3) is 4.78. The van der Waals surface area contributed by atoms with Crippen molar-refractivity contribution in [2.24, 2.45) is 5.92 Å². The molecule has 0 bridgehead atoms. The maximum Gasteiger partial charge on any atom is 0.338 e. The van der Waals surface area contributed by atoms with Gasteiger partial charge >= 0.3 is 11.9 Å². The van der Waals surface area contributed by atoms with Crippen molar-refractivity contribution in [2.45, 2.75) is 19.8 Å². The third-order valence-electron chi connectivity index (χ3n) is 4.25. The second-order valence-corrected chi connectivity index (χ2v) is 6.16. The number of hydrogen-bond acceptors (Lipinski definition) is 7. The van der Waals surface area contributed by atoms with E-state index in [1.165, 1.54) is 0 Å². The monoisotopic (exact) mass is 364 g/mol. The number of benzene rings is 1. The Morgan fingerprint density at radius 1 is 1.15 bits per heavy atom. The summed E-state index contributed by atoms with van der Waals surface area (Å²) in [5.74, 6) is -1.49. The van der Waals surface area contributed by atoms with Gasteiger partial charge in [-0.05, 0) is 24.8 Å². The first-order valence-corrected chi connectivity index (χ1v) is 8.14. The molecule has 0 spiro atoms. The first-order valence-electron chi connectivity index (χ1n) is 8.14. The second kappa shape index (κ2) is 8.41. The lowest BCUT2D eigenvalue weighted by molar-refractivity contribution is -0.384. The standard InChI is InChI=1S/C17H20N2O7/c1-11-3-5-18(6-4-11)15(20)10-26-17(22)13-7-12(16(21)25-2)8-14(9-13)19(23)24/h7-9,11H,3-6,10H2,1-2H3. The number of non-ortho nitro benzene ring substituents is 1. The number of nitrogens with zero attached hydrogens (tertiary/aromatic N) is 2. The molecule has 2 rings (SSSR count).